The van der Waals surface area contributed by atoms with Crippen LogP contribution in [0.5, 0.6) is 0 Å². The molecule has 1 aromatic carbocycles. The molecule has 1 fully saturated rings. The molecule has 0 radical (unpaired) electrons. The lowest BCUT2D eigenvalue weighted by Crippen LogP contribution is -2.27. The van der Waals surface area contributed by atoms with Crippen LogP contribution in [0.2, 0.25) is 0 Å². The Hall–Kier alpha value is -1.99. The summed E-state index contributed by atoms with van der Waals surface area (Å²) in [6.45, 7) is 5.04. The highest BCUT2D eigenvalue weighted by molar-refractivity contribution is 7.89. The van der Waals surface area contributed by atoms with E-state index >= 15 is 0 Å². The third-order valence-corrected chi connectivity index (χ3v) is 5.71. The third kappa shape index (κ3) is 3.51. The standard InChI is InChI=1S/C16H20N4O2S/c1-12-11-13(2)18-16(17-12)19-14-5-7-15(8-6-14)23(21,22)20-9-3-4-10-20/h5-8,11H,3-4,9-10H2,1-2H3,(H,17,18,19). The van der Waals surface area contributed by atoms with Crippen LogP contribution in [0.15, 0.2) is 35.2 Å². The molecule has 6 nitrogen and oxygen atoms in total. The van der Waals surface area contributed by atoms with Crippen molar-refractivity contribution in [2.24, 2.45) is 0 Å². The van der Waals surface area contributed by atoms with Crippen molar-refractivity contribution in [3.8, 4) is 0 Å². The molecule has 0 amide bonds. The second kappa shape index (κ2) is 6.25. The van der Waals surface area contributed by atoms with E-state index in [1.54, 1.807) is 28.6 Å². The molecule has 2 heterocycles. The summed E-state index contributed by atoms with van der Waals surface area (Å²) in [6.07, 6.45) is 1.87. The zero-order chi connectivity index (χ0) is 16.4. The second-order valence-electron chi connectivity index (χ2n) is 5.73. The van der Waals surface area contributed by atoms with Gasteiger partial charge in [-0.2, -0.15) is 4.31 Å². The highest BCUT2D eigenvalue weighted by Gasteiger charge is 2.26. The van der Waals surface area contributed by atoms with E-state index in [0.717, 1.165) is 29.9 Å². The van der Waals surface area contributed by atoms with Gasteiger partial charge in [0.25, 0.3) is 0 Å². The van der Waals surface area contributed by atoms with Crippen molar-refractivity contribution in [2.45, 2.75) is 31.6 Å². The molecule has 0 saturated carbocycles. The number of benzene rings is 1. The van der Waals surface area contributed by atoms with Crippen LogP contribution in [0.1, 0.15) is 24.2 Å². The summed E-state index contributed by atoms with van der Waals surface area (Å²) in [7, 11) is -3.37. The van der Waals surface area contributed by atoms with E-state index in [2.05, 4.69) is 15.3 Å². The topological polar surface area (TPSA) is 75.2 Å². The van der Waals surface area contributed by atoms with Crippen LogP contribution in [0.3, 0.4) is 0 Å². The molecule has 2 aromatic rings. The molecule has 1 N–H and O–H groups in total. The molecule has 1 aliphatic rings. The summed E-state index contributed by atoms with van der Waals surface area (Å²) in [4.78, 5) is 8.95. The molecule has 3 rings (SSSR count). The minimum Gasteiger partial charge on any atom is -0.324 e. The van der Waals surface area contributed by atoms with Crippen molar-refractivity contribution in [1.82, 2.24) is 14.3 Å². The van der Waals surface area contributed by atoms with Crippen LogP contribution in [-0.4, -0.2) is 35.8 Å². The zero-order valence-corrected chi connectivity index (χ0v) is 14.1. The Labute approximate surface area is 136 Å². The molecule has 0 unspecified atom stereocenters. The van der Waals surface area contributed by atoms with Gasteiger partial charge in [-0.25, -0.2) is 18.4 Å². The fourth-order valence-electron chi connectivity index (χ4n) is 2.70. The maximum atomic E-state index is 12.5. The van der Waals surface area contributed by atoms with Gasteiger partial charge in [0.05, 0.1) is 4.90 Å². The number of rotatable bonds is 4. The fraction of sp³-hybridized carbons (Fsp3) is 0.375. The molecule has 0 spiro atoms. The Morgan fingerprint density at radius 3 is 2.13 bits per heavy atom. The summed E-state index contributed by atoms with van der Waals surface area (Å²) in [5.74, 6) is 0.512. The van der Waals surface area contributed by atoms with Crippen molar-refractivity contribution in [2.75, 3.05) is 18.4 Å². The number of sulfonamides is 1. The number of aryl methyl sites for hydroxylation is 2. The number of hydrogen-bond donors (Lipinski definition) is 1. The van der Waals surface area contributed by atoms with Crippen LogP contribution >= 0.6 is 0 Å². The number of nitrogens with zero attached hydrogens (tertiary/aromatic N) is 3. The largest absolute Gasteiger partial charge is 0.324 e. The molecular weight excluding hydrogens is 312 g/mol. The predicted molar refractivity (Wildman–Crippen MR) is 89.2 cm³/mol. The summed E-state index contributed by atoms with van der Waals surface area (Å²) in [5, 5.41) is 3.10. The van der Waals surface area contributed by atoms with Gasteiger partial charge in [-0.1, -0.05) is 0 Å². The Balaban J connectivity index is 1.79. The molecule has 23 heavy (non-hydrogen) atoms. The monoisotopic (exact) mass is 332 g/mol. The number of anilines is 2. The third-order valence-electron chi connectivity index (χ3n) is 3.80. The van der Waals surface area contributed by atoms with Crippen LogP contribution in [0.25, 0.3) is 0 Å². The van der Waals surface area contributed by atoms with E-state index < -0.39 is 10.0 Å². The maximum Gasteiger partial charge on any atom is 0.243 e. The van der Waals surface area contributed by atoms with Crippen molar-refractivity contribution in [3.63, 3.8) is 0 Å². The number of aromatic nitrogens is 2. The van der Waals surface area contributed by atoms with Crippen molar-refractivity contribution >= 4 is 21.7 Å². The van der Waals surface area contributed by atoms with Gasteiger partial charge in [0.2, 0.25) is 16.0 Å². The van der Waals surface area contributed by atoms with E-state index in [9.17, 15) is 8.42 Å². The predicted octanol–water partition coefficient (Wildman–Crippen LogP) is 2.62. The molecule has 0 aliphatic carbocycles. The lowest BCUT2D eigenvalue weighted by molar-refractivity contribution is 0.477. The van der Waals surface area contributed by atoms with Gasteiger partial charge in [0.1, 0.15) is 0 Å². The number of nitrogens with one attached hydrogen (secondary N) is 1. The molecule has 1 aliphatic heterocycles. The average molecular weight is 332 g/mol. The van der Waals surface area contributed by atoms with Crippen molar-refractivity contribution in [1.29, 1.82) is 0 Å². The van der Waals surface area contributed by atoms with Crippen LogP contribution in [0, 0.1) is 13.8 Å². The molecule has 0 atom stereocenters. The average Bonchev–Trinajstić information content (AvgIpc) is 3.01. The first-order valence-electron chi connectivity index (χ1n) is 7.65. The van der Waals surface area contributed by atoms with Crippen molar-refractivity contribution in [3.05, 3.63) is 41.7 Å². The number of hydrogen-bond acceptors (Lipinski definition) is 5. The highest BCUT2D eigenvalue weighted by atomic mass is 32.2. The fourth-order valence-corrected chi connectivity index (χ4v) is 4.22. The van der Waals surface area contributed by atoms with E-state index in [-0.39, 0.29) is 0 Å². The molecule has 122 valence electrons. The lowest BCUT2D eigenvalue weighted by Gasteiger charge is -2.15. The summed E-state index contributed by atoms with van der Waals surface area (Å²) in [5.41, 5.74) is 2.52. The Bertz CT molecular complexity index is 777. The van der Waals surface area contributed by atoms with Gasteiger partial charge >= 0.3 is 0 Å². The van der Waals surface area contributed by atoms with E-state index in [4.69, 9.17) is 0 Å². The molecule has 1 aromatic heterocycles. The van der Waals surface area contributed by atoms with Gasteiger partial charge in [-0.05, 0) is 57.0 Å². The molecular formula is C16H20N4O2S. The minimum absolute atomic E-state index is 0.325. The first-order chi connectivity index (χ1) is 10.9. The van der Waals surface area contributed by atoms with Crippen LogP contribution in [-0.2, 0) is 10.0 Å². The molecule has 0 bridgehead atoms. The molecule has 1 saturated heterocycles. The summed E-state index contributed by atoms with van der Waals surface area (Å²) >= 11 is 0. The smallest absolute Gasteiger partial charge is 0.243 e. The van der Waals surface area contributed by atoms with Gasteiger partial charge in [-0.15, -0.1) is 0 Å². The van der Waals surface area contributed by atoms with Gasteiger partial charge in [0, 0.05) is 30.2 Å². The van der Waals surface area contributed by atoms with E-state index in [1.165, 1.54) is 0 Å². The lowest BCUT2D eigenvalue weighted by atomic mass is 10.3. The van der Waals surface area contributed by atoms with Crippen molar-refractivity contribution < 1.29 is 8.42 Å². The second-order valence-corrected chi connectivity index (χ2v) is 7.67. The quantitative estimate of drug-likeness (QED) is 0.931. The van der Waals surface area contributed by atoms with Gasteiger partial charge in [-0.3, -0.25) is 0 Å². The maximum absolute atomic E-state index is 12.5. The SMILES string of the molecule is Cc1cc(C)nc(Nc2ccc(S(=O)(=O)N3CCCC3)cc2)n1. The Morgan fingerprint density at radius 2 is 1.57 bits per heavy atom. The van der Waals surface area contributed by atoms with Gasteiger partial charge < -0.3 is 5.32 Å². The Morgan fingerprint density at radius 1 is 1.00 bits per heavy atom. The Kier molecular flexibility index (Phi) is 4.32. The first kappa shape index (κ1) is 15.9. The zero-order valence-electron chi connectivity index (χ0n) is 13.3. The van der Waals surface area contributed by atoms with Gasteiger partial charge in [0.15, 0.2) is 0 Å². The summed E-state index contributed by atoms with van der Waals surface area (Å²) in [6, 6.07) is 8.63. The van der Waals surface area contributed by atoms with Crippen LogP contribution < -0.4 is 5.32 Å². The van der Waals surface area contributed by atoms with Crippen LogP contribution in [0.4, 0.5) is 11.6 Å². The van der Waals surface area contributed by atoms with E-state index in [0.29, 0.717) is 23.9 Å². The normalized spacial score (nSPS) is 15.7. The van der Waals surface area contributed by atoms with E-state index in [1.807, 2.05) is 19.9 Å². The minimum atomic E-state index is -3.37. The molecule has 7 heteroatoms. The summed E-state index contributed by atoms with van der Waals surface area (Å²) < 4.78 is 26.5. The highest BCUT2D eigenvalue weighted by Crippen LogP contribution is 2.23. The first-order valence-corrected chi connectivity index (χ1v) is 9.09.